The van der Waals surface area contributed by atoms with Crippen LogP contribution in [-0.4, -0.2) is 19.5 Å². The van der Waals surface area contributed by atoms with Gasteiger partial charge in [0.15, 0.2) is 0 Å². The lowest BCUT2D eigenvalue weighted by Crippen LogP contribution is -2.13. The zero-order valence-corrected chi connectivity index (χ0v) is 10.2. The van der Waals surface area contributed by atoms with E-state index in [1.165, 1.54) is 0 Å². The standard InChI is InChI=1S/C13H13N5O/c14-5-9-6-18(8-15-9)7-12-16-11-4-2-1-3-10(11)13(19)17-12/h1-4,6,8H,5,7,14H2,(H,16,17,19). The Bertz CT molecular complexity index is 774. The summed E-state index contributed by atoms with van der Waals surface area (Å²) in [7, 11) is 0. The third-order valence-electron chi connectivity index (χ3n) is 2.89. The van der Waals surface area contributed by atoms with Gasteiger partial charge in [0.1, 0.15) is 5.82 Å². The van der Waals surface area contributed by atoms with Crippen molar-refractivity contribution in [1.82, 2.24) is 19.5 Å². The Hall–Kier alpha value is -2.47. The quantitative estimate of drug-likeness (QED) is 0.718. The van der Waals surface area contributed by atoms with E-state index < -0.39 is 0 Å². The molecule has 19 heavy (non-hydrogen) atoms. The first-order valence-electron chi connectivity index (χ1n) is 5.95. The Balaban J connectivity index is 1.99. The molecule has 6 heteroatoms. The monoisotopic (exact) mass is 255 g/mol. The lowest BCUT2D eigenvalue weighted by molar-refractivity contribution is 0.743. The lowest BCUT2D eigenvalue weighted by Gasteiger charge is -2.03. The average Bonchev–Trinajstić information content (AvgIpc) is 2.86. The Labute approximate surface area is 108 Å². The highest BCUT2D eigenvalue weighted by Crippen LogP contribution is 2.06. The number of H-pyrrole nitrogens is 1. The maximum atomic E-state index is 11.9. The minimum atomic E-state index is -0.125. The van der Waals surface area contributed by atoms with Gasteiger partial charge in [-0.15, -0.1) is 0 Å². The van der Waals surface area contributed by atoms with Crippen LogP contribution in [0.25, 0.3) is 10.9 Å². The van der Waals surface area contributed by atoms with Crippen molar-refractivity contribution in [1.29, 1.82) is 0 Å². The van der Waals surface area contributed by atoms with Crippen molar-refractivity contribution >= 4 is 10.9 Å². The number of aromatic amines is 1. The summed E-state index contributed by atoms with van der Waals surface area (Å²) in [6.07, 6.45) is 3.52. The van der Waals surface area contributed by atoms with Gasteiger partial charge >= 0.3 is 0 Å². The molecule has 2 heterocycles. The summed E-state index contributed by atoms with van der Waals surface area (Å²) in [6.45, 7) is 0.863. The van der Waals surface area contributed by atoms with Crippen LogP contribution in [0.2, 0.25) is 0 Å². The molecule has 1 aromatic carbocycles. The number of hydrogen-bond acceptors (Lipinski definition) is 4. The fourth-order valence-corrected chi connectivity index (χ4v) is 1.98. The Morgan fingerprint density at radius 1 is 1.32 bits per heavy atom. The Kier molecular flexibility index (Phi) is 2.85. The maximum absolute atomic E-state index is 11.9. The summed E-state index contributed by atoms with van der Waals surface area (Å²) in [5.74, 6) is 0.602. The molecular formula is C13H13N5O. The van der Waals surface area contributed by atoms with Crippen molar-refractivity contribution in [3.63, 3.8) is 0 Å². The van der Waals surface area contributed by atoms with Gasteiger partial charge in [0, 0.05) is 12.7 Å². The van der Waals surface area contributed by atoms with Crippen LogP contribution in [0, 0.1) is 0 Å². The van der Waals surface area contributed by atoms with Crippen LogP contribution in [0.15, 0.2) is 41.6 Å². The van der Waals surface area contributed by atoms with E-state index in [1.807, 2.05) is 29.0 Å². The van der Waals surface area contributed by atoms with Crippen molar-refractivity contribution in [2.75, 3.05) is 0 Å². The van der Waals surface area contributed by atoms with E-state index in [0.29, 0.717) is 29.8 Å². The second-order valence-electron chi connectivity index (χ2n) is 4.27. The summed E-state index contributed by atoms with van der Waals surface area (Å²) >= 11 is 0. The van der Waals surface area contributed by atoms with E-state index in [-0.39, 0.29) is 5.56 Å². The minimum Gasteiger partial charge on any atom is -0.330 e. The molecule has 0 bridgehead atoms. The molecule has 0 saturated heterocycles. The molecule has 0 atom stereocenters. The number of hydrogen-bond donors (Lipinski definition) is 2. The number of para-hydroxylation sites is 1. The third-order valence-corrected chi connectivity index (χ3v) is 2.89. The van der Waals surface area contributed by atoms with Crippen LogP contribution in [0.5, 0.6) is 0 Å². The Morgan fingerprint density at radius 2 is 2.16 bits per heavy atom. The molecule has 3 rings (SSSR count). The SMILES string of the molecule is NCc1cn(Cc2nc3ccccc3c(=O)[nH]2)cn1. The smallest absolute Gasteiger partial charge is 0.258 e. The number of nitrogens with two attached hydrogens (primary N) is 1. The van der Waals surface area contributed by atoms with Crippen molar-refractivity contribution in [2.24, 2.45) is 5.73 Å². The number of fused-ring (bicyclic) bond motifs is 1. The van der Waals surface area contributed by atoms with Gasteiger partial charge < -0.3 is 15.3 Å². The average molecular weight is 255 g/mol. The van der Waals surface area contributed by atoms with Crippen molar-refractivity contribution in [3.05, 3.63) is 58.7 Å². The molecule has 0 fully saturated rings. The van der Waals surface area contributed by atoms with Crippen LogP contribution >= 0.6 is 0 Å². The van der Waals surface area contributed by atoms with Gasteiger partial charge in [-0.1, -0.05) is 12.1 Å². The third kappa shape index (κ3) is 2.25. The maximum Gasteiger partial charge on any atom is 0.258 e. The van der Waals surface area contributed by atoms with Gasteiger partial charge in [-0.05, 0) is 12.1 Å². The first-order chi connectivity index (χ1) is 9.26. The topological polar surface area (TPSA) is 89.6 Å². The highest BCUT2D eigenvalue weighted by atomic mass is 16.1. The van der Waals surface area contributed by atoms with E-state index in [1.54, 1.807) is 12.4 Å². The summed E-state index contributed by atoms with van der Waals surface area (Å²) in [6, 6.07) is 7.27. The number of imidazole rings is 1. The van der Waals surface area contributed by atoms with Crippen LogP contribution in [0.1, 0.15) is 11.5 Å². The molecular weight excluding hydrogens is 242 g/mol. The minimum absolute atomic E-state index is 0.125. The highest BCUT2D eigenvalue weighted by Gasteiger charge is 2.04. The molecule has 3 N–H and O–H groups in total. The second-order valence-corrected chi connectivity index (χ2v) is 4.27. The van der Waals surface area contributed by atoms with E-state index >= 15 is 0 Å². The van der Waals surface area contributed by atoms with E-state index in [9.17, 15) is 4.79 Å². The number of nitrogens with one attached hydrogen (secondary N) is 1. The molecule has 0 aliphatic rings. The molecule has 0 aliphatic carbocycles. The van der Waals surface area contributed by atoms with E-state index in [4.69, 9.17) is 5.73 Å². The van der Waals surface area contributed by atoms with Crippen LogP contribution < -0.4 is 11.3 Å². The molecule has 0 aliphatic heterocycles. The molecule has 96 valence electrons. The van der Waals surface area contributed by atoms with E-state index in [2.05, 4.69) is 15.0 Å². The van der Waals surface area contributed by atoms with Gasteiger partial charge in [0.25, 0.3) is 5.56 Å². The Morgan fingerprint density at radius 3 is 2.95 bits per heavy atom. The predicted octanol–water partition coefficient (Wildman–Crippen LogP) is 0.627. The predicted molar refractivity (Wildman–Crippen MR) is 71.6 cm³/mol. The van der Waals surface area contributed by atoms with Gasteiger partial charge in [0.2, 0.25) is 0 Å². The van der Waals surface area contributed by atoms with Crippen molar-refractivity contribution < 1.29 is 0 Å². The highest BCUT2D eigenvalue weighted by molar-refractivity contribution is 5.77. The number of rotatable bonds is 3. The molecule has 0 unspecified atom stereocenters. The second kappa shape index (κ2) is 4.66. The fraction of sp³-hybridized carbons (Fsp3) is 0.154. The molecule has 0 radical (unpaired) electrons. The summed E-state index contributed by atoms with van der Waals surface area (Å²) in [5.41, 5.74) is 6.88. The lowest BCUT2D eigenvalue weighted by atomic mass is 10.2. The molecule has 0 spiro atoms. The van der Waals surface area contributed by atoms with Crippen molar-refractivity contribution in [3.8, 4) is 0 Å². The largest absolute Gasteiger partial charge is 0.330 e. The number of aromatic nitrogens is 4. The van der Waals surface area contributed by atoms with Gasteiger partial charge in [-0.25, -0.2) is 9.97 Å². The normalized spacial score (nSPS) is 11.0. The van der Waals surface area contributed by atoms with Crippen molar-refractivity contribution in [2.45, 2.75) is 13.1 Å². The zero-order chi connectivity index (χ0) is 13.2. The van der Waals surface area contributed by atoms with E-state index in [0.717, 1.165) is 5.69 Å². The summed E-state index contributed by atoms with van der Waals surface area (Å²) in [5, 5.41) is 0.597. The number of nitrogens with zero attached hydrogens (tertiary/aromatic N) is 3. The first-order valence-corrected chi connectivity index (χ1v) is 5.95. The van der Waals surface area contributed by atoms with Gasteiger partial charge in [-0.3, -0.25) is 4.79 Å². The van der Waals surface area contributed by atoms with Gasteiger partial charge in [-0.2, -0.15) is 0 Å². The van der Waals surface area contributed by atoms with Crippen LogP contribution in [0.4, 0.5) is 0 Å². The molecule has 0 saturated carbocycles. The van der Waals surface area contributed by atoms with Crippen LogP contribution in [0.3, 0.4) is 0 Å². The molecule has 2 aromatic heterocycles. The molecule has 0 amide bonds. The fourth-order valence-electron chi connectivity index (χ4n) is 1.98. The summed E-state index contributed by atoms with van der Waals surface area (Å²) in [4.78, 5) is 23.3. The first kappa shape index (κ1) is 11.6. The van der Waals surface area contributed by atoms with Gasteiger partial charge in [0.05, 0.1) is 29.5 Å². The van der Waals surface area contributed by atoms with Crippen LogP contribution in [-0.2, 0) is 13.1 Å². The summed E-state index contributed by atoms with van der Waals surface area (Å²) < 4.78 is 1.84. The molecule has 3 aromatic rings. The number of benzene rings is 1. The zero-order valence-electron chi connectivity index (χ0n) is 10.2. The molecule has 6 nitrogen and oxygen atoms in total.